The summed E-state index contributed by atoms with van der Waals surface area (Å²) in [6.45, 7) is 8.10. The van der Waals surface area contributed by atoms with Gasteiger partial charge in [-0.2, -0.15) is 4.31 Å². The van der Waals surface area contributed by atoms with Crippen molar-refractivity contribution in [1.82, 2.24) is 19.6 Å². The first kappa shape index (κ1) is 15.5. The molecule has 2 N–H and O–H groups in total. The number of piperidine rings is 1. The summed E-state index contributed by atoms with van der Waals surface area (Å²) < 4.78 is 26.6. The zero-order valence-corrected chi connectivity index (χ0v) is 13.2. The maximum atomic E-state index is 12.5. The molecule has 0 radical (unpaired) electrons. The Hall–Kier alpha value is -0.920. The van der Waals surface area contributed by atoms with Crippen LogP contribution in [0.25, 0.3) is 0 Å². The van der Waals surface area contributed by atoms with Crippen molar-refractivity contribution in [3.63, 3.8) is 0 Å². The van der Waals surface area contributed by atoms with Crippen LogP contribution in [0.5, 0.6) is 0 Å². The van der Waals surface area contributed by atoms with E-state index in [0.29, 0.717) is 30.9 Å². The number of sulfonamides is 1. The molecule has 0 bridgehead atoms. The highest BCUT2D eigenvalue weighted by molar-refractivity contribution is 7.89. The third-order valence-corrected chi connectivity index (χ3v) is 5.60. The van der Waals surface area contributed by atoms with Crippen molar-refractivity contribution < 1.29 is 8.42 Å². The number of nitrogens with one attached hydrogen (secondary N) is 2. The van der Waals surface area contributed by atoms with E-state index in [1.807, 2.05) is 0 Å². The van der Waals surface area contributed by atoms with Gasteiger partial charge >= 0.3 is 0 Å². The molecule has 7 heteroatoms. The number of hydrogen-bond donors (Lipinski definition) is 2. The van der Waals surface area contributed by atoms with E-state index in [-0.39, 0.29) is 5.03 Å². The number of aryl methyl sites for hydroxylation is 1. The predicted molar refractivity (Wildman–Crippen MR) is 77.9 cm³/mol. The Morgan fingerprint density at radius 1 is 1.55 bits per heavy atom. The maximum absolute atomic E-state index is 12.5. The Morgan fingerprint density at radius 3 is 2.85 bits per heavy atom. The van der Waals surface area contributed by atoms with Crippen molar-refractivity contribution >= 4 is 10.0 Å². The molecule has 0 aliphatic carbocycles. The van der Waals surface area contributed by atoms with E-state index in [9.17, 15) is 8.42 Å². The van der Waals surface area contributed by atoms with E-state index in [0.717, 1.165) is 19.4 Å². The Kier molecular flexibility index (Phi) is 4.82. The molecule has 1 aromatic heterocycles. The van der Waals surface area contributed by atoms with Gasteiger partial charge in [0.15, 0.2) is 5.03 Å². The monoisotopic (exact) mass is 300 g/mol. The summed E-state index contributed by atoms with van der Waals surface area (Å²) in [5.41, 5.74) is 0. The Labute approximate surface area is 121 Å². The van der Waals surface area contributed by atoms with Gasteiger partial charge in [-0.3, -0.25) is 0 Å². The van der Waals surface area contributed by atoms with E-state index in [2.05, 4.69) is 29.1 Å². The second-order valence-corrected chi connectivity index (χ2v) is 7.43. The summed E-state index contributed by atoms with van der Waals surface area (Å²) in [4.78, 5) is 6.80. The lowest BCUT2D eigenvalue weighted by Crippen LogP contribution is -2.50. The van der Waals surface area contributed by atoms with E-state index in [4.69, 9.17) is 0 Å². The minimum Gasteiger partial charge on any atom is -0.332 e. The molecule has 2 unspecified atom stereocenters. The van der Waals surface area contributed by atoms with Crippen molar-refractivity contribution in [2.45, 2.75) is 44.7 Å². The standard InChI is InChI=1S/C13H24N4O2S/c1-4-6-14-12-5-7-17(9-10(12)2)20(18,19)13-8-15-11(3)16-13/h8,10,12,14H,4-7,9H2,1-3H3,(H,15,16). The summed E-state index contributed by atoms with van der Waals surface area (Å²) in [6.07, 6.45) is 3.35. The second-order valence-electron chi connectivity index (χ2n) is 5.52. The molecule has 0 aromatic carbocycles. The zero-order chi connectivity index (χ0) is 14.8. The number of nitrogens with zero attached hydrogens (tertiary/aromatic N) is 2. The first-order valence-corrected chi connectivity index (χ1v) is 8.64. The first-order chi connectivity index (χ1) is 9.45. The van der Waals surface area contributed by atoms with E-state index in [1.165, 1.54) is 6.20 Å². The van der Waals surface area contributed by atoms with Crippen LogP contribution in [0.1, 0.15) is 32.5 Å². The van der Waals surface area contributed by atoms with Gasteiger partial charge in [0.05, 0.1) is 6.20 Å². The summed E-state index contributed by atoms with van der Waals surface area (Å²) in [7, 11) is -3.43. The topological polar surface area (TPSA) is 78.1 Å². The summed E-state index contributed by atoms with van der Waals surface area (Å²) in [5, 5.41) is 3.69. The zero-order valence-electron chi connectivity index (χ0n) is 12.4. The SMILES string of the molecule is CCCNC1CCN(S(=O)(=O)c2cnc(C)[nH]2)CC1C. The normalized spacial score (nSPS) is 24.9. The van der Waals surface area contributed by atoms with Gasteiger partial charge in [-0.25, -0.2) is 13.4 Å². The average molecular weight is 300 g/mol. The van der Waals surface area contributed by atoms with Gasteiger partial charge in [0.1, 0.15) is 5.82 Å². The average Bonchev–Trinajstić information content (AvgIpc) is 2.84. The van der Waals surface area contributed by atoms with Crippen LogP contribution in [0.4, 0.5) is 0 Å². The van der Waals surface area contributed by atoms with E-state index >= 15 is 0 Å². The van der Waals surface area contributed by atoms with Gasteiger partial charge < -0.3 is 10.3 Å². The highest BCUT2D eigenvalue weighted by Crippen LogP contribution is 2.23. The van der Waals surface area contributed by atoms with Gasteiger partial charge in [-0.05, 0) is 32.2 Å². The highest BCUT2D eigenvalue weighted by Gasteiger charge is 2.34. The Bertz CT molecular complexity index is 540. The number of rotatable bonds is 5. The molecule has 1 saturated heterocycles. The van der Waals surface area contributed by atoms with Gasteiger partial charge in [-0.15, -0.1) is 0 Å². The number of aromatic nitrogens is 2. The lowest BCUT2D eigenvalue weighted by atomic mass is 9.95. The number of H-pyrrole nitrogens is 1. The fraction of sp³-hybridized carbons (Fsp3) is 0.769. The predicted octanol–water partition coefficient (Wildman–Crippen LogP) is 1.12. The van der Waals surface area contributed by atoms with Crippen molar-refractivity contribution in [3.05, 3.63) is 12.0 Å². The van der Waals surface area contributed by atoms with E-state index in [1.54, 1.807) is 11.2 Å². The molecule has 0 saturated carbocycles. The molecule has 1 fully saturated rings. The van der Waals surface area contributed by atoms with Crippen molar-refractivity contribution in [2.75, 3.05) is 19.6 Å². The smallest absolute Gasteiger partial charge is 0.260 e. The van der Waals surface area contributed by atoms with Crippen molar-refractivity contribution in [2.24, 2.45) is 5.92 Å². The molecule has 2 rings (SSSR count). The van der Waals surface area contributed by atoms with Gasteiger partial charge in [0.2, 0.25) is 0 Å². The van der Waals surface area contributed by atoms with Crippen LogP contribution in [-0.2, 0) is 10.0 Å². The molecule has 0 amide bonds. The number of imidazole rings is 1. The molecular formula is C13H24N4O2S. The third kappa shape index (κ3) is 3.21. The lowest BCUT2D eigenvalue weighted by molar-refractivity contribution is 0.220. The van der Waals surface area contributed by atoms with Crippen LogP contribution in [0.3, 0.4) is 0 Å². The first-order valence-electron chi connectivity index (χ1n) is 7.20. The molecular weight excluding hydrogens is 276 g/mol. The van der Waals surface area contributed by atoms with Crippen molar-refractivity contribution in [3.8, 4) is 0 Å². The van der Waals surface area contributed by atoms with Crippen LogP contribution >= 0.6 is 0 Å². The largest absolute Gasteiger partial charge is 0.332 e. The second kappa shape index (κ2) is 6.24. The summed E-state index contributed by atoms with van der Waals surface area (Å²) in [6, 6.07) is 0.407. The van der Waals surface area contributed by atoms with Gasteiger partial charge in [0.25, 0.3) is 10.0 Å². The lowest BCUT2D eigenvalue weighted by Gasteiger charge is -2.36. The fourth-order valence-corrected chi connectivity index (χ4v) is 4.15. The van der Waals surface area contributed by atoms with Crippen LogP contribution in [0.15, 0.2) is 11.2 Å². The summed E-state index contributed by atoms with van der Waals surface area (Å²) in [5.74, 6) is 0.935. The molecule has 1 aromatic rings. The van der Waals surface area contributed by atoms with E-state index < -0.39 is 10.0 Å². The molecule has 6 nitrogen and oxygen atoms in total. The quantitative estimate of drug-likeness (QED) is 0.854. The molecule has 114 valence electrons. The minimum atomic E-state index is -3.43. The minimum absolute atomic E-state index is 0.196. The summed E-state index contributed by atoms with van der Waals surface area (Å²) >= 11 is 0. The third-order valence-electron chi connectivity index (χ3n) is 3.82. The maximum Gasteiger partial charge on any atom is 0.260 e. The Balaban J connectivity index is 2.05. The Morgan fingerprint density at radius 2 is 2.30 bits per heavy atom. The number of aromatic amines is 1. The number of hydrogen-bond acceptors (Lipinski definition) is 4. The van der Waals surface area contributed by atoms with Gasteiger partial charge in [-0.1, -0.05) is 13.8 Å². The highest BCUT2D eigenvalue weighted by atomic mass is 32.2. The van der Waals surface area contributed by atoms with Crippen LogP contribution in [0.2, 0.25) is 0 Å². The van der Waals surface area contributed by atoms with Crippen LogP contribution in [-0.4, -0.2) is 48.4 Å². The van der Waals surface area contributed by atoms with Crippen LogP contribution < -0.4 is 5.32 Å². The molecule has 1 aliphatic heterocycles. The molecule has 20 heavy (non-hydrogen) atoms. The van der Waals surface area contributed by atoms with Crippen LogP contribution in [0, 0.1) is 12.8 Å². The molecule has 2 heterocycles. The fourth-order valence-electron chi connectivity index (χ4n) is 2.63. The molecule has 0 spiro atoms. The van der Waals surface area contributed by atoms with Crippen molar-refractivity contribution in [1.29, 1.82) is 0 Å². The molecule has 2 atom stereocenters. The molecule has 1 aliphatic rings. The van der Waals surface area contributed by atoms with Gasteiger partial charge in [0, 0.05) is 19.1 Å².